The second-order valence-electron chi connectivity index (χ2n) is 8.62. The van der Waals surface area contributed by atoms with Gasteiger partial charge in [0.15, 0.2) is 0 Å². The van der Waals surface area contributed by atoms with Gasteiger partial charge in [-0.25, -0.2) is 4.99 Å². The molecule has 3 aromatic rings. The number of benzene rings is 3. The van der Waals surface area contributed by atoms with Crippen LogP contribution in [0.15, 0.2) is 83.9 Å². The second-order valence-corrected chi connectivity index (χ2v) is 8.62. The molecule has 3 aromatic carbocycles. The number of likely N-dealkylation sites (tertiary alicyclic amines) is 1. The van der Waals surface area contributed by atoms with Gasteiger partial charge in [-0.3, -0.25) is 4.79 Å². The van der Waals surface area contributed by atoms with E-state index in [1.807, 2.05) is 47.4 Å². The lowest BCUT2D eigenvalue weighted by Crippen LogP contribution is -2.38. The van der Waals surface area contributed by atoms with E-state index in [9.17, 15) is 4.79 Å². The summed E-state index contributed by atoms with van der Waals surface area (Å²) in [6.45, 7) is 3.09. The fourth-order valence-electron chi connectivity index (χ4n) is 4.59. The molecule has 0 bridgehead atoms. The van der Waals surface area contributed by atoms with E-state index in [2.05, 4.69) is 41.4 Å². The second kappa shape index (κ2) is 9.39. The van der Waals surface area contributed by atoms with Crippen molar-refractivity contribution in [2.24, 2.45) is 10.9 Å². The third kappa shape index (κ3) is 4.59. The number of amides is 1. The summed E-state index contributed by atoms with van der Waals surface area (Å²) in [7, 11) is 0. The molecule has 1 amide bonds. The number of carbonyl (C=O) groups is 1. The molecule has 0 aromatic heterocycles. The zero-order valence-corrected chi connectivity index (χ0v) is 18.2. The average Bonchev–Trinajstić information content (AvgIpc) is 3.40. The zero-order valence-electron chi connectivity index (χ0n) is 18.2. The Hall–Kier alpha value is -3.40. The number of piperidine rings is 1. The highest BCUT2D eigenvalue weighted by atomic mass is 16.5. The summed E-state index contributed by atoms with van der Waals surface area (Å²) in [6, 6.07) is 26.8. The third-order valence-electron chi connectivity index (χ3n) is 6.45. The Morgan fingerprint density at radius 3 is 2.16 bits per heavy atom. The number of hydrogen-bond acceptors (Lipinski definition) is 3. The summed E-state index contributed by atoms with van der Waals surface area (Å²) in [6.07, 6.45) is 3.15. The van der Waals surface area contributed by atoms with Gasteiger partial charge in [-0.1, -0.05) is 54.6 Å². The number of aliphatic imine (C=N–C) groups is 1. The van der Waals surface area contributed by atoms with E-state index in [-0.39, 0.29) is 5.91 Å². The monoisotopic (exact) mass is 424 g/mol. The fraction of sp³-hybridized carbons (Fsp3) is 0.286. The molecule has 1 saturated heterocycles. The van der Waals surface area contributed by atoms with E-state index in [1.54, 1.807) is 0 Å². The van der Waals surface area contributed by atoms with E-state index in [1.165, 1.54) is 11.1 Å². The summed E-state index contributed by atoms with van der Waals surface area (Å²) in [5, 5.41) is 0. The standard InChI is InChI=1S/C28H28N2O2/c31-28(26-12-10-24(11-13-26)23-4-2-1-3-5-23)30-17-14-22(15-18-30)20-21-6-8-25(9-7-21)27-29-16-19-32-27/h1-13,22H,14-20H2. The summed E-state index contributed by atoms with van der Waals surface area (Å²) < 4.78 is 5.54. The van der Waals surface area contributed by atoms with Crippen LogP contribution in [-0.2, 0) is 11.2 Å². The van der Waals surface area contributed by atoms with E-state index in [4.69, 9.17) is 4.74 Å². The molecule has 0 N–H and O–H groups in total. The highest BCUT2D eigenvalue weighted by Gasteiger charge is 2.24. The molecule has 162 valence electrons. The molecule has 4 heteroatoms. The largest absolute Gasteiger partial charge is 0.476 e. The molecule has 0 aliphatic carbocycles. The van der Waals surface area contributed by atoms with Crippen LogP contribution in [-0.4, -0.2) is 42.9 Å². The van der Waals surface area contributed by atoms with Crippen molar-refractivity contribution >= 4 is 11.8 Å². The van der Waals surface area contributed by atoms with Gasteiger partial charge in [-0.2, -0.15) is 0 Å². The molecular weight excluding hydrogens is 396 g/mol. The SMILES string of the molecule is O=C(c1ccc(-c2ccccc2)cc1)N1CCC(Cc2ccc(C3=NCCO3)cc2)CC1. The topological polar surface area (TPSA) is 41.9 Å². The Balaban J connectivity index is 1.14. The Labute approximate surface area is 189 Å². The molecule has 0 saturated carbocycles. The summed E-state index contributed by atoms with van der Waals surface area (Å²) in [4.78, 5) is 19.4. The van der Waals surface area contributed by atoms with Gasteiger partial charge < -0.3 is 9.64 Å². The number of ether oxygens (including phenoxy) is 1. The van der Waals surface area contributed by atoms with Crippen molar-refractivity contribution in [3.63, 3.8) is 0 Å². The van der Waals surface area contributed by atoms with Crippen LogP contribution in [0.1, 0.15) is 34.3 Å². The fourth-order valence-corrected chi connectivity index (χ4v) is 4.59. The Bertz CT molecular complexity index is 1080. The van der Waals surface area contributed by atoms with Crippen LogP contribution in [0.2, 0.25) is 0 Å². The van der Waals surface area contributed by atoms with Gasteiger partial charge in [0.05, 0.1) is 6.54 Å². The van der Waals surface area contributed by atoms with E-state index in [0.717, 1.165) is 61.5 Å². The van der Waals surface area contributed by atoms with Crippen molar-refractivity contribution in [2.45, 2.75) is 19.3 Å². The van der Waals surface area contributed by atoms with Gasteiger partial charge in [0, 0.05) is 24.2 Å². The molecule has 32 heavy (non-hydrogen) atoms. The first kappa shape index (κ1) is 20.5. The van der Waals surface area contributed by atoms with Crippen LogP contribution in [0, 0.1) is 5.92 Å². The number of nitrogens with zero attached hydrogens (tertiary/aromatic N) is 2. The maximum absolute atomic E-state index is 13.0. The average molecular weight is 425 g/mol. The number of rotatable bonds is 5. The predicted molar refractivity (Wildman–Crippen MR) is 128 cm³/mol. The van der Waals surface area contributed by atoms with Crippen molar-refractivity contribution < 1.29 is 9.53 Å². The maximum atomic E-state index is 13.0. The van der Waals surface area contributed by atoms with Gasteiger partial charge in [0.1, 0.15) is 6.61 Å². The summed E-state index contributed by atoms with van der Waals surface area (Å²) in [5.74, 6) is 1.52. The Kier molecular flexibility index (Phi) is 6.02. The molecule has 5 rings (SSSR count). The zero-order chi connectivity index (χ0) is 21.8. The van der Waals surface area contributed by atoms with Crippen molar-refractivity contribution in [1.29, 1.82) is 0 Å². The first-order chi connectivity index (χ1) is 15.8. The van der Waals surface area contributed by atoms with E-state index < -0.39 is 0 Å². The highest BCUT2D eigenvalue weighted by Crippen LogP contribution is 2.25. The van der Waals surface area contributed by atoms with Crippen LogP contribution in [0.25, 0.3) is 11.1 Å². The van der Waals surface area contributed by atoms with Crippen LogP contribution >= 0.6 is 0 Å². The van der Waals surface area contributed by atoms with Crippen LogP contribution in [0.4, 0.5) is 0 Å². The normalized spacial score (nSPS) is 16.5. The van der Waals surface area contributed by atoms with Gasteiger partial charge in [-0.05, 0) is 66.1 Å². The maximum Gasteiger partial charge on any atom is 0.253 e. The van der Waals surface area contributed by atoms with Gasteiger partial charge in [-0.15, -0.1) is 0 Å². The first-order valence-electron chi connectivity index (χ1n) is 11.5. The molecular formula is C28H28N2O2. The minimum Gasteiger partial charge on any atom is -0.476 e. The van der Waals surface area contributed by atoms with Crippen molar-refractivity contribution in [1.82, 2.24) is 4.90 Å². The smallest absolute Gasteiger partial charge is 0.253 e. The lowest BCUT2D eigenvalue weighted by molar-refractivity contribution is 0.0690. The van der Waals surface area contributed by atoms with Crippen molar-refractivity contribution in [3.05, 3.63) is 95.6 Å². The van der Waals surface area contributed by atoms with E-state index in [0.29, 0.717) is 12.5 Å². The van der Waals surface area contributed by atoms with E-state index >= 15 is 0 Å². The molecule has 0 radical (unpaired) electrons. The Morgan fingerprint density at radius 1 is 0.844 bits per heavy atom. The molecule has 2 aliphatic heterocycles. The quantitative estimate of drug-likeness (QED) is 0.563. The molecule has 0 spiro atoms. The number of hydrogen-bond donors (Lipinski definition) is 0. The summed E-state index contributed by atoms with van der Waals surface area (Å²) in [5.41, 5.74) is 5.48. The number of carbonyl (C=O) groups excluding carboxylic acids is 1. The molecule has 2 heterocycles. The molecule has 0 unspecified atom stereocenters. The Morgan fingerprint density at radius 2 is 1.50 bits per heavy atom. The molecule has 0 atom stereocenters. The van der Waals surface area contributed by atoms with Crippen molar-refractivity contribution in [2.75, 3.05) is 26.2 Å². The molecule has 4 nitrogen and oxygen atoms in total. The van der Waals surface area contributed by atoms with Gasteiger partial charge in [0.25, 0.3) is 5.91 Å². The van der Waals surface area contributed by atoms with Crippen LogP contribution < -0.4 is 0 Å². The van der Waals surface area contributed by atoms with Crippen LogP contribution in [0.3, 0.4) is 0 Å². The minimum absolute atomic E-state index is 0.143. The predicted octanol–water partition coefficient (Wildman–Crippen LogP) is 5.23. The lowest BCUT2D eigenvalue weighted by Gasteiger charge is -2.32. The first-order valence-corrected chi connectivity index (χ1v) is 11.5. The third-order valence-corrected chi connectivity index (χ3v) is 6.45. The lowest BCUT2D eigenvalue weighted by atomic mass is 9.89. The summed E-state index contributed by atoms with van der Waals surface area (Å²) >= 11 is 0. The van der Waals surface area contributed by atoms with Gasteiger partial charge in [0.2, 0.25) is 5.90 Å². The van der Waals surface area contributed by atoms with Crippen LogP contribution in [0.5, 0.6) is 0 Å². The van der Waals surface area contributed by atoms with Gasteiger partial charge >= 0.3 is 0 Å². The molecule has 1 fully saturated rings. The highest BCUT2D eigenvalue weighted by molar-refractivity contribution is 5.95. The van der Waals surface area contributed by atoms with Crippen molar-refractivity contribution in [3.8, 4) is 11.1 Å². The molecule has 2 aliphatic rings. The minimum atomic E-state index is 0.143.